The number of nitrogens with two attached hydrogens (primary N) is 1. The van der Waals surface area contributed by atoms with E-state index >= 15 is 0 Å². The Hall–Kier alpha value is -1.02. The number of benzene rings is 1. The van der Waals surface area contributed by atoms with E-state index < -0.39 is 0 Å². The van der Waals surface area contributed by atoms with Crippen LogP contribution in [0.25, 0.3) is 0 Å². The molecule has 94 valence electrons. The second kappa shape index (κ2) is 5.54. The standard InChI is InChI=1S/C15H24N2/c1-12(2)17(11-13-7-8-13)15-6-4-3-5-14(15)9-10-16/h3-6,12-13H,7-11,16H2,1-2H3. The van der Waals surface area contributed by atoms with E-state index in [1.807, 2.05) is 0 Å². The molecule has 0 aromatic heterocycles. The minimum atomic E-state index is 0.564. The highest BCUT2D eigenvalue weighted by molar-refractivity contribution is 5.54. The van der Waals surface area contributed by atoms with Gasteiger partial charge in [0.1, 0.15) is 0 Å². The molecule has 1 aliphatic rings. The summed E-state index contributed by atoms with van der Waals surface area (Å²) in [6, 6.07) is 9.27. The van der Waals surface area contributed by atoms with Crippen molar-refractivity contribution in [1.29, 1.82) is 0 Å². The zero-order chi connectivity index (χ0) is 12.3. The van der Waals surface area contributed by atoms with Crippen LogP contribution < -0.4 is 10.6 Å². The van der Waals surface area contributed by atoms with Crippen LogP contribution >= 0.6 is 0 Å². The summed E-state index contributed by atoms with van der Waals surface area (Å²) < 4.78 is 0. The molecule has 0 radical (unpaired) electrons. The van der Waals surface area contributed by atoms with Crippen molar-refractivity contribution >= 4 is 5.69 Å². The van der Waals surface area contributed by atoms with Gasteiger partial charge in [0.15, 0.2) is 0 Å². The Morgan fingerprint density at radius 1 is 1.29 bits per heavy atom. The van der Waals surface area contributed by atoms with Crippen molar-refractivity contribution in [3.8, 4) is 0 Å². The molecular weight excluding hydrogens is 208 g/mol. The summed E-state index contributed by atoms with van der Waals surface area (Å²) >= 11 is 0. The highest BCUT2D eigenvalue weighted by Crippen LogP contribution is 2.33. The molecule has 17 heavy (non-hydrogen) atoms. The lowest BCUT2D eigenvalue weighted by Gasteiger charge is -2.31. The van der Waals surface area contributed by atoms with E-state index in [4.69, 9.17) is 5.73 Å². The van der Waals surface area contributed by atoms with Crippen LogP contribution in [0.4, 0.5) is 5.69 Å². The van der Waals surface area contributed by atoms with Crippen molar-refractivity contribution in [3.05, 3.63) is 29.8 Å². The van der Waals surface area contributed by atoms with Gasteiger partial charge in [-0.3, -0.25) is 0 Å². The van der Waals surface area contributed by atoms with E-state index in [2.05, 4.69) is 43.0 Å². The maximum absolute atomic E-state index is 5.70. The Labute approximate surface area is 105 Å². The second-order valence-corrected chi connectivity index (χ2v) is 5.36. The highest BCUT2D eigenvalue weighted by Gasteiger charge is 2.26. The molecule has 0 amide bonds. The maximum Gasteiger partial charge on any atom is 0.0401 e. The van der Waals surface area contributed by atoms with Gasteiger partial charge < -0.3 is 10.6 Å². The highest BCUT2D eigenvalue weighted by atomic mass is 15.2. The first-order valence-electron chi connectivity index (χ1n) is 6.77. The van der Waals surface area contributed by atoms with E-state index in [9.17, 15) is 0 Å². The fraction of sp³-hybridized carbons (Fsp3) is 0.600. The van der Waals surface area contributed by atoms with Gasteiger partial charge in [-0.1, -0.05) is 18.2 Å². The second-order valence-electron chi connectivity index (χ2n) is 5.36. The first-order valence-corrected chi connectivity index (χ1v) is 6.77. The predicted octanol–water partition coefficient (Wildman–Crippen LogP) is 2.81. The van der Waals surface area contributed by atoms with Gasteiger partial charge in [0.2, 0.25) is 0 Å². The molecule has 2 N–H and O–H groups in total. The van der Waals surface area contributed by atoms with Crippen molar-refractivity contribution in [2.45, 2.75) is 39.2 Å². The molecule has 1 aromatic carbocycles. The minimum Gasteiger partial charge on any atom is -0.369 e. The third-order valence-corrected chi connectivity index (χ3v) is 3.49. The summed E-state index contributed by atoms with van der Waals surface area (Å²) in [7, 11) is 0. The van der Waals surface area contributed by atoms with E-state index in [0.717, 1.165) is 18.9 Å². The van der Waals surface area contributed by atoms with E-state index in [-0.39, 0.29) is 0 Å². The zero-order valence-corrected chi connectivity index (χ0v) is 11.0. The molecule has 0 aliphatic heterocycles. The van der Waals surface area contributed by atoms with Gasteiger partial charge >= 0.3 is 0 Å². The van der Waals surface area contributed by atoms with Gasteiger partial charge in [0, 0.05) is 18.3 Å². The molecule has 1 fully saturated rings. The zero-order valence-electron chi connectivity index (χ0n) is 11.0. The number of hydrogen-bond donors (Lipinski definition) is 1. The fourth-order valence-electron chi connectivity index (χ4n) is 2.32. The van der Waals surface area contributed by atoms with Gasteiger partial charge in [0.25, 0.3) is 0 Å². The Morgan fingerprint density at radius 3 is 2.59 bits per heavy atom. The first-order chi connectivity index (χ1) is 8.22. The summed E-state index contributed by atoms with van der Waals surface area (Å²) in [5, 5.41) is 0. The molecule has 2 nitrogen and oxygen atoms in total. The van der Waals surface area contributed by atoms with Crippen molar-refractivity contribution in [2.75, 3.05) is 18.0 Å². The lowest BCUT2D eigenvalue weighted by molar-refractivity contribution is 0.641. The number of nitrogens with zero attached hydrogens (tertiary/aromatic N) is 1. The van der Waals surface area contributed by atoms with Gasteiger partial charge in [-0.2, -0.15) is 0 Å². The maximum atomic E-state index is 5.70. The molecule has 1 aromatic rings. The van der Waals surface area contributed by atoms with Crippen LogP contribution in [0, 0.1) is 5.92 Å². The van der Waals surface area contributed by atoms with Crippen LogP contribution in [0.1, 0.15) is 32.3 Å². The monoisotopic (exact) mass is 232 g/mol. The van der Waals surface area contributed by atoms with Crippen LogP contribution in [-0.2, 0) is 6.42 Å². The quantitative estimate of drug-likeness (QED) is 0.817. The van der Waals surface area contributed by atoms with Gasteiger partial charge in [-0.05, 0) is 57.2 Å². The average Bonchev–Trinajstić information content (AvgIpc) is 3.11. The van der Waals surface area contributed by atoms with E-state index in [1.54, 1.807) is 0 Å². The molecule has 0 bridgehead atoms. The van der Waals surface area contributed by atoms with Crippen LogP contribution in [0.3, 0.4) is 0 Å². The van der Waals surface area contributed by atoms with Crippen molar-refractivity contribution < 1.29 is 0 Å². The largest absolute Gasteiger partial charge is 0.369 e. The van der Waals surface area contributed by atoms with Gasteiger partial charge in [0.05, 0.1) is 0 Å². The third-order valence-electron chi connectivity index (χ3n) is 3.49. The summed E-state index contributed by atoms with van der Waals surface area (Å²) in [5.74, 6) is 0.920. The fourth-order valence-corrected chi connectivity index (χ4v) is 2.32. The van der Waals surface area contributed by atoms with E-state index in [1.165, 1.54) is 30.6 Å². The minimum absolute atomic E-state index is 0.564. The topological polar surface area (TPSA) is 29.3 Å². The van der Waals surface area contributed by atoms with Crippen molar-refractivity contribution in [1.82, 2.24) is 0 Å². The third kappa shape index (κ3) is 3.22. The molecule has 0 heterocycles. The molecule has 2 heteroatoms. The number of anilines is 1. The van der Waals surface area contributed by atoms with Crippen molar-refractivity contribution in [2.24, 2.45) is 11.7 Å². The first kappa shape index (κ1) is 12.4. The number of hydrogen-bond acceptors (Lipinski definition) is 2. The Kier molecular flexibility index (Phi) is 4.06. The average molecular weight is 232 g/mol. The molecule has 0 unspecified atom stereocenters. The van der Waals surface area contributed by atoms with Gasteiger partial charge in [-0.15, -0.1) is 0 Å². The summed E-state index contributed by atoms with van der Waals surface area (Å²) in [5.41, 5.74) is 8.48. The smallest absolute Gasteiger partial charge is 0.0401 e. The molecule has 1 aliphatic carbocycles. The molecule has 2 rings (SSSR count). The Bertz CT molecular complexity index is 356. The SMILES string of the molecule is CC(C)N(CC1CC1)c1ccccc1CCN. The lowest BCUT2D eigenvalue weighted by atomic mass is 10.1. The summed E-state index contributed by atoms with van der Waals surface area (Å²) in [4.78, 5) is 2.54. The summed E-state index contributed by atoms with van der Waals surface area (Å²) in [6.07, 6.45) is 3.79. The van der Waals surface area contributed by atoms with Crippen LogP contribution in [0.2, 0.25) is 0 Å². The van der Waals surface area contributed by atoms with Gasteiger partial charge in [-0.25, -0.2) is 0 Å². The number of rotatable bonds is 6. The van der Waals surface area contributed by atoms with Crippen molar-refractivity contribution in [3.63, 3.8) is 0 Å². The molecule has 0 spiro atoms. The molecule has 1 saturated carbocycles. The van der Waals surface area contributed by atoms with E-state index in [0.29, 0.717) is 6.04 Å². The van der Waals surface area contributed by atoms with Crippen LogP contribution in [0.15, 0.2) is 24.3 Å². The Balaban J connectivity index is 2.20. The predicted molar refractivity (Wildman–Crippen MR) is 74.4 cm³/mol. The summed E-state index contributed by atoms with van der Waals surface area (Å²) in [6.45, 7) is 6.49. The normalized spacial score (nSPS) is 15.3. The molecule has 0 saturated heterocycles. The van der Waals surface area contributed by atoms with Crippen LogP contribution in [0.5, 0.6) is 0 Å². The Morgan fingerprint density at radius 2 is 2.00 bits per heavy atom. The molecular formula is C15H24N2. The van der Waals surface area contributed by atoms with Crippen LogP contribution in [-0.4, -0.2) is 19.1 Å². The lowest BCUT2D eigenvalue weighted by Crippen LogP contribution is -2.33. The number of para-hydroxylation sites is 1. The molecule has 0 atom stereocenters.